The van der Waals surface area contributed by atoms with Crippen molar-refractivity contribution in [1.82, 2.24) is 14.4 Å². The molecule has 3 heterocycles. The number of hydrogen-bond acceptors (Lipinski definition) is 2. The van der Waals surface area contributed by atoms with Gasteiger partial charge in [-0.3, -0.25) is 4.79 Å². The number of amides is 1. The third-order valence-electron chi connectivity index (χ3n) is 4.83. The van der Waals surface area contributed by atoms with Gasteiger partial charge in [-0.05, 0) is 52.8 Å². The van der Waals surface area contributed by atoms with E-state index in [1.807, 2.05) is 23.4 Å². The summed E-state index contributed by atoms with van der Waals surface area (Å²) in [5.74, 6) is 0.865. The lowest BCUT2D eigenvalue weighted by atomic mass is 10.1. The lowest BCUT2D eigenvalue weighted by Gasteiger charge is -2.22. The zero-order chi connectivity index (χ0) is 14.5. The van der Waals surface area contributed by atoms with Crippen molar-refractivity contribution in [1.29, 1.82) is 0 Å². The van der Waals surface area contributed by atoms with E-state index in [1.54, 1.807) is 0 Å². The minimum absolute atomic E-state index is 0.0280. The molecule has 0 spiro atoms. The van der Waals surface area contributed by atoms with Gasteiger partial charge in [0.2, 0.25) is 0 Å². The van der Waals surface area contributed by atoms with E-state index < -0.39 is 0 Å². The molecule has 0 bridgehead atoms. The molecule has 1 aromatic heterocycles. The third kappa shape index (κ3) is 2.26. The lowest BCUT2D eigenvalue weighted by molar-refractivity contribution is 0.0774. The predicted molar refractivity (Wildman–Crippen MR) is 79.9 cm³/mol. The number of likely N-dealkylation sites (N-methyl/N-ethyl adjacent to an activating group) is 1. The molecule has 4 heteroatoms. The van der Waals surface area contributed by atoms with E-state index in [0.717, 1.165) is 18.7 Å². The van der Waals surface area contributed by atoms with Crippen molar-refractivity contribution >= 4 is 5.91 Å². The molecule has 0 N–H and O–H groups in total. The van der Waals surface area contributed by atoms with E-state index in [4.69, 9.17) is 0 Å². The van der Waals surface area contributed by atoms with Crippen molar-refractivity contribution in [3.63, 3.8) is 0 Å². The molecule has 110 valence electrons. The Hall–Kier alpha value is -1.29. The highest BCUT2D eigenvalue weighted by atomic mass is 16.2. The van der Waals surface area contributed by atoms with Crippen LogP contribution in [0.5, 0.6) is 0 Å². The third-order valence-corrected chi connectivity index (χ3v) is 4.83. The number of aromatic nitrogens is 1. The Balaban J connectivity index is 1.73. The molecule has 4 nitrogen and oxygen atoms in total. The summed E-state index contributed by atoms with van der Waals surface area (Å²) in [7, 11) is 2.18. The molecular formula is C16H25N3O. The second-order valence-electron chi connectivity index (χ2n) is 7.29. The van der Waals surface area contributed by atoms with Crippen LogP contribution in [-0.4, -0.2) is 53.0 Å². The Morgan fingerprint density at radius 1 is 1.30 bits per heavy atom. The van der Waals surface area contributed by atoms with Crippen molar-refractivity contribution in [2.24, 2.45) is 5.92 Å². The molecule has 20 heavy (non-hydrogen) atoms. The van der Waals surface area contributed by atoms with Crippen molar-refractivity contribution in [3.8, 4) is 0 Å². The summed E-state index contributed by atoms with van der Waals surface area (Å²) in [5.41, 5.74) is 0.850. The van der Waals surface area contributed by atoms with Crippen molar-refractivity contribution < 1.29 is 4.79 Å². The zero-order valence-corrected chi connectivity index (χ0v) is 13.0. The average molecular weight is 275 g/mol. The summed E-state index contributed by atoms with van der Waals surface area (Å²) < 4.78 is 2.11. The highest BCUT2D eigenvalue weighted by Crippen LogP contribution is 2.31. The van der Waals surface area contributed by atoms with Crippen LogP contribution in [0.3, 0.4) is 0 Å². The Kier molecular flexibility index (Phi) is 3.16. The molecule has 0 radical (unpaired) electrons. The van der Waals surface area contributed by atoms with Gasteiger partial charge in [0.1, 0.15) is 0 Å². The normalized spacial score (nSPS) is 27.1. The topological polar surface area (TPSA) is 28.5 Å². The molecule has 1 amide bonds. The molecule has 0 aromatic carbocycles. The number of nitrogens with zero attached hydrogens (tertiary/aromatic N) is 3. The van der Waals surface area contributed by atoms with Gasteiger partial charge in [-0.25, -0.2) is 0 Å². The quantitative estimate of drug-likeness (QED) is 0.784. The molecule has 0 aliphatic carbocycles. The first-order chi connectivity index (χ1) is 9.36. The summed E-state index contributed by atoms with van der Waals surface area (Å²) in [5, 5.41) is 0. The number of likely N-dealkylation sites (tertiary alicyclic amines) is 2. The van der Waals surface area contributed by atoms with Crippen LogP contribution in [0, 0.1) is 5.92 Å². The van der Waals surface area contributed by atoms with Crippen LogP contribution in [0.15, 0.2) is 18.5 Å². The second-order valence-corrected chi connectivity index (χ2v) is 7.29. The smallest absolute Gasteiger partial charge is 0.255 e. The van der Waals surface area contributed by atoms with Crippen molar-refractivity contribution in [2.45, 2.75) is 38.8 Å². The van der Waals surface area contributed by atoms with Crippen LogP contribution in [0.2, 0.25) is 0 Å². The molecule has 2 aliphatic rings. The fraction of sp³-hybridized carbons (Fsp3) is 0.688. The van der Waals surface area contributed by atoms with Gasteiger partial charge in [0.15, 0.2) is 0 Å². The van der Waals surface area contributed by atoms with E-state index in [1.165, 1.54) is 13.0 Å². The van der Waals surface area contributed by atoms with Gasteiger partial charge in [-0.2, -0.15) is 0 Å². The first kappa shape index (κ1) is 13.7. The van der Waals surface area contributed by atoms with Crippen LogP contribution in [0.1, 0.15) is 37.6 Å². The standard InChI is InChI=1S/C16H25N3O/c1-16(2,3)19-8-6-13(10-19)15(20)18-9-12-5-7-17(4)14(12)11-18/h6,8,10,12,14H,5,7,9,11H2,1-4H3/t12-,14+/m1/s1. The fourth-order valence-corrected chi connectivity index (χ4v) is 3.46. The summed E-state index contributed by atoms with van der Waals surface area (Å²) in [6.07, 6.45) is 5.23. The van der Waals surface area contributed by atoms with Crippen LogP contribution in [-0.2, 0) is 5.54 Å². The number of carbonyl (C=O) groups is 1. The summed E-state index contributed by atoms with van der Waals surface area (Å²) in [6, 6.07) is 2.52. The van der Waals surface area contributed by atoms with Crippen LogP contribution in [0.25, 0.3) is 0 Å². The summed E-state index contributed by atoms with van der Waals surface area (Å²) in [6.45, 7) is 9.44. The molecule has 2 fully saturated rings. The van der Waals surface area contributed by atoms with E-state index in [-0.39, 0.29) is 11.4 Å². The highest BCUT2D eigenvalue weighted by Gasteiger charge is 2.41. The molecule has 1 aromatic rings. The molecule has 2 aliphatic heterocycles. The van der Waals surface area contributed by atoms with Crippen LogP contribution >= 0.6 is 0 Å². The van der Waals surface area contributed by atoms with Crippen molar-refractivity contribution in [2.75, 3.05) is 26.7 Å². The predicted octanol–water partition coefficient (Wildman–Crippen LogP) is 2.02. The van der Waals surface area contributed by atoms with Gasteiger partial charge in [-0.1, -0.05) is 0 Å². The molecule has 0 saturated carbocycles. The Morgan fingerprint density at radius 2 is 2.05 bits per heavy atom. The number of hydrogen-bond donors (Lipinski definition) is 0. The molecule has 2 atom stereocenters. The number of rotatable bonds is 1. The first-order valence-electron chi connectivity index (χ1n) is 7.54. The zero-order valence-electron chi connectivity index (χ0n) is 13.0. The monoisotopic (exact) mass is 275 g/mol. The van der Waals surface area contributed by atoms with Gasteiger partial charge in [0.05, 0.1) is 5.56 Å². The van der Waals surface area contributed by atoms with Crippen LogP contribution in [0.4, 0.5) is 0 Å². The van der Waals surface area contributed by atoms with Gasteiger partial charge >= 0.3 is 0 Å². The first-order valence-corrected chi connectivity index (χ1v) is 7.54. The molecule has 3 rings (SSSR count). The lowest BCUT2D eigenvalue weighted by Crippen LogP contribution is -2.35. The average Bonchev–Trinajstić information content (AvgIpc) is 3.04. The SMILES string of the molecule is CN1CC[C@@H]2CN(C(=O)c3ccn(C(C)(C)C)c3)C[C@@H]21. The number of carbonyl (C=O) groups excluding carboxylic acids is 1. The van der Waals surface area contributed by atoms with Gasteiger partial charge in [-0.15, -0.1) is 0 Å². The minimum atomic E-state index is 0.0280. The van der Waals surface area contributed by atoms with Crippen LogP contribution < -0.4 is 0 Å². The number of fused-ring (bicyclic) bond motifs is 1. The minimum Gasteiger partial charge on any atom is -0.348 e. The maximum absolute atomic E-state index is 12.6. The van der Waals surface area contributed by atoms with Crippen molar-refractivity contribution in [3.05, 3.63) is 24.0 Å². The summed E-state index contributed by atoms with van der Waals surface area (Å²) in [4.78, 5) is 17.1. The maximum atomic E-state index is 12.6. The maximum Gasteiger partial charge on any atom is 0.255 e. The van der Waals surface area contributed by atoms with E-state index >= 15 is 0 Å². The Labute approximate surface area is 121 Å². The largest absolute Gasteiger partial charge is 0.348 e. The highest BCUT2D eigenvalue weighted by molar-refractivity contribution is 5.94. The van der Waals surface area contributed by atoms with E-state index in [9.17, 15) is 4.79 Å². The van der Waals surface area contributed by atoms with Gasteiger partial charge in [0, 0.05) is 37.1 Å². The summed E-state index contributed by atoms with van der Waals surface area (Å²) >= 11 is 0. The second kappa shape index (κ2) is 4.62. The Bertz CT molecular complexity index is 514. The molecule has 0 unspecified atom stereocenters. The molecule has 2 saturated heterocycles. The van der Waals surface area contributed by atoms with Gasteiger partial charge in [0.25, 0.3) is 5.91 Å². The molecular weight excluding hydrogens is 250 g/mol. The fourth-order valence-electron chi connectivity index (χ4n) is 3.46. The van der Waals surface area contributed by atoms with Gasteiger partial charge < -0.3 is 14.4 Å². The van der Waals surface area contributed by atoms with E-state index in [2.05, 4.69) is 37.3 Å². The Morgan fingerprint density at radius 3 is 2.65 bits per heavy atom. The van der Waals surface area contributed by atoms with E-state index in [0.29, 0.717) is 12.0 Å².